The van der Waals surface area contributed by atoms with Crippen LogP contribution in [0.4, 0.5) is 0 Å². The smallest absolute Gasteiger partial charge is 0.161 e. The van der Waals surface area contributed by atoms with Crippen LogP contribution < -0.4 is 10.1 Å². The van der Waals surface area contributed by atoms with Gasteiger partial charge in [-0.25, -0.2) is 0 Å². The second-order valence-electron chi connectivity index (χ2n) is 4.49. The molecule has 102 valence electrons. The summed E-state index contributed by atoms with van der Waals surface area (Å²) in [7, 11) is 3.65. The molecule has 1 atom stereocenters. The van der Waals surface area contributed by atoms with Crippen molar-refractivity contribution in [2.24, 2.45) is 0 Å². The lowest BCUT2D eigenvalue weighted by Crippen LogP contribution is -2.22. The topological polar surface area (TPSA) is 39.1 Å². The van der Waals surface area contributed by atoms with Crippen molar-refractivity contribution in [1.29, 1.82) is 0 Å². The largest absolute Gasteiger partial charge is 0.493 e. The molecular formula is C15H21N3O. The Labute approximate surface area is 114 Å². The van der Waals surface area contributed by atoms with Gasteiger partial charge in [-0.2, -0.15) is 5.10 Å². The molecule has 1 unspecified atom stereocenters. The van der Waals surface area contributed by atoms with Gasteiger partial charge in [0, 0.05) is 6.54 Å². The Bertz CT molecular complexity index is 527. The molecule has 1 heterocycles. The zero-order chi connectivity index (χ0) is 13.8. The molecule has 2 aromatic rings. The van der Waals surface area contributed by atoms with Gasteiger partial charge in [0.15, 0.2) is 5.75 Å². The third kappa shape index (κ3) is 2.49. The molecule has 0 amide bonds. The van der Waals surface area contributed by atoms with Gasteiger partial charge in [0.2, 0.25) is 0 Å². The number of nitrogens with zero attached hydrogens (tertiary/aromatic N) is 2. The molecule has 1 N–H and O–H groups in total. The number of methoxy groups -OCH3 is 1. The van der Waals surface area contributed by atoms with Crippen molar-refractivity contribution in [2.75, 3.05) is 14.2 Å². The van der Waals surface area contributed by atoms with E-state index < -0.39 is 0 Å². The van der Waals surface area contributed by atoms with Crippen LogP contribution >= 0.6 is 0 Å². The molecule has 2 rings (SSSR count). The summed E-state index contributed by atoms with van der Waals surface area (Å²) >= 11 is 0. The first-order valence-electron chi connectivity index (χ1n) is 6.55. The molecule has 0 radical (unpaired) electrons. The van der Waals surface area contributed by atoms with Crippen LogP contribution in [0.5, 0.6) is 5.75 Å². The van der Waals surface area contributed by atoms with Gasteiger partial charge in [-0.05, 0) is 32.0 Å². The van der Waals surface area contributed by atoms with E-state index in [1.807, 2.05) is 11.7 Å². The first-order chi connectivity index (χ1) is 9.22. The van der Waals surface area contributed by atoms with Crippen LogP contribution in [0.2, 0.25) is 0 Å². The number of nitrogens with one attached hydrogen (secondary N) is 1. The molecular weight excluding hydrogens is 238 g/mol. The molecule has 0 aliphatic carbocycles. The lowest BCUT2D eigenvalue weighted by Gasteiger charge is -2.21. The van der Waals surface area contributed by atoms with E-state index in [1.165, 1.54) is 11.1 Å². The summed E-state index contributed by atoms with van der Waals surface area (Å²) in [5.41, 5.74) is 3.58. The maximum absolute atomic E-state index is 5.45. The molecule has 1 aromatic heterocycles. The summed E-state index contributed by atoms with van der Waals surface area (Å²) < 4.78 is 7.43. The van der Waals surface area contributed by atoms with Crippen LogP contribution in [0.25, 0.3) is 0 Å². The van der Waals surface area contributed by atoms with Crippen molar-refractivity contribution >= 4 is 0 Å². The number of hydrogen-bond donors (Lipinski definition) is 1. The minimum atomic E-state index is 0.0820. The van der Waals surface area contributed by atoms with Crippen LogP contribution in [-0.4, -0.2) is 23.9 Å². The van der Waals surface area contributed by atoms with Crippen molar-refractivity contribution in [1.82, 2.24) is 15.1 Å². The number of aryl methyl sites for hydroxylation is 2. The van der Waals surface area contributed by atoms with E-state index in [0.717, 1.165) is 18.0 Å². The number of aromatic nitrogens is 2. The lowest BCUT2D eigenvalue weighted by atomic mass is 9.98. The zero-order valence-corrected chi connectivity index (χ0v) is 12.0. The molecule has 0 saturated carbocycles. The second kappa shape index (κ2) is 5.89. The summed E-state index contributed by atoms with van der Waals surface area (Å²) in [5.74, 6) is 0.824. The number of ether oxygens (including phenoxy) is 1. The van der Waals surface area contributed by atoms with Crippen molar-refractivity contribution in [2.45, 2.75) is 26.4 Å². The monoisotopic (exact) mass is 259 g/mol. The Morgan fingerprint density at radius 3 is 2.68 bits per heavy atom. The fraction of sp³-hybridized carbons (Fsp3) is 0.400. The first-order valence-corrected chi connectivity index (χ1v) is 6.55. The minimum absolute atomic E-state index is 0.0820. The third-order valence-corrected chi connectivity index (χ3v) is 3.43. The average Bonchev–Trinajstić information content (AvgIpc) is 2.85. The van der Waals surface area contributed by atoms with Crippen LogP contribution in [0, 0.1) is 6.92 Å². The van der Waals surface area contributed by atoms with Gasteiger partial charge in [0.25, 0.3) is 0 Å². The van der Waals surface area contributed by atoms with Gasteiger partial charge < -0.3 is 10.1 Å². The Morgan fingerprint density at radius 2 is 2.11 bits per heavy atom. The van der Waals surface area contributed by atoms with Crippen molar-refractivity contribution in [3.05, 3.63) is 47.3 Å². The van der Waals surface area contributed by atoms with Gasteiger partial charge in [-0.15, -0.1) is 0 Å². The number of rotatable bonds is 5. The fourth-order valence-corrected chi connectivity index (χ4v) is 2.43. The molecule has 19 heavy (non-hydrogen) atoms. The Morgan fingerprint density at radius 1 is 1.37 bits per heavy atom. The normalized spacial score (nSPS) is 12.4. The highest BCUT2D eigenvalue weighted by atomic mass is 16.5. The van der Waals surface area contributed by atoms with E-state index in [2.05, 4.69) is 48.5 Å². The summed E-state index contributed by atoms with van der Waals surface area (Å²) in [4.78, 5) is 0. The highest BCUT2D eigenvalue weighted by Crippen LogP contribution is 2.31. The Hall–Kier alpha value is -1.81. The summed E-state index contributed by atoms with van der Waals surface area (Å²) in [6, 6.07) is 8.46. The van der Waals surface area contributed by atoms with Crippen molar-refractivity contribution in [3.8, 4) is 5.75 Å². The molecule has 1 aromatic carbocycles. The van der Waals surface area contributed by atoms with Crippen molar-refractivity contribution in [3.63, 3.8) is 0 Å². The van der Waals surface area contributed by atoms with Gasteiger partial charge in [-0.3, -0.25) is 4.68 Å². The van der Waals surface area contributed by atoms with E-state index in [4.69, 9.17) is 4.74 Å². The summed E-state index contributed by atoms with van der Waals surface area (Å²) in [5, 5.41) is 7.75. The predicted octanol–water partition coefficient (Wildman–Crippen LogP) is 2.53. The highest BCUT2D eigenvalue weighted by molar-refractivity contribution is 5.39. The molecule has 0 spiro atoms. The standard InChI is InChI=1S/C15H21N3O/c1-5-18-15(13(19-4)10-17-18)14(16-3)12-9-7-6-8-11(12)2/h6-10,14,16H,5H2,1-4H3. The van der Waals surface area contributed by atoms with E-state index in [1.54, 1.807) is 13.3 Å². The zero-order valence-electron chi connectivity index (χ0n) is 12.0. The molecule has 0 aliphatic rings. The van der Waals surface area contributed by atoms with E-state index >= 15 is 0 Å². The highest BCUT2D eigenvalue weighted by Gasteiger charge is 2.22. The van der Waals surface area contributed by atoms with Gasteiger partial charge in [0.1, 0.15) is 5.69 Å². The molecule has 0 aliphatic heterocycles. The van der Waals surface area contributed by atoms with Crippen molar-refractivity contribution < 1.29 is 4.74 Å². The van der Waals surface area contributed by atoms with E-state index in [9.17, 15) is 0 Å². The predicted molar refractivity (Wildman–Crippen MR) is 76.5 cm³/mol. The lowest BCUT2D eigenvalue weighted by molar-refractivity contribution is 0.401. The summed E-state index contributed by atoms with van der Waals surface area (Å²) in [6.45, 7) is 5.03. The van der Waals surface area contributed by atoms with Crippen LogP contribution in [0.3, 0.4) is 0 Å². The van der Waals surface area contributed by atoms with Gasteiger partial charge in [0.05, 0.1) is 19.3 Å². The SMILES string of the molecule is CCn1ncc(OC)c1C(NC)c1ccccc1C. The quantitative estimate of drug-likeness (QED) is 0.897. The average molecular weight is 259 g/mol. The molecule has 0 saturated heterocycles. The minimum Gasteiger partial charge on any atom is -0.493 e. The maximum Gasteiger partial charge on any atom is 0.161 e. The maximum atomic E-state index is 5.45. The second-order valence-corrected chi connectivity index (χ2v) is 4.49. The number of hydrogen-bond acceptors (Lipinski definition) is 3. The fourth-order valence-electron chi connectivity index (χ4n) is 2.43. The molecule has 4 heteroatoms. The first kappa shape index (κ1) is 13.6. The van der Waals surface area contributed by atoms with Crippen LogP contribution in [0.1, 0.15) is 29.8 Å². The van der Waals surface area contributed by atoms with Crippen LogP contribution in [-0.2, 0) is 6.54 Å². The van der Waals surface area contributed by atoms with Crippen LogP contribution in [0.15, 0.2) is 30.5 Å². The summed E-state index contributed by atoms with van der Waals surface area (Å²) in [6.07, 6.45) is 1.78. The van der Waals surface area contributed by atoms with Gasteiger partial charge in [-0.1, -0.05) is 24.3 Å². The third-order valence-electron chi connectivity index (χ3n) is 3.43. The van der Waals surface area contributed by atoms with Gasteiger partial charge >= 0.3 is 0 Å². The molecule has 0 fully saturated rings. The molecule has 4 nitrogen and oxygen atoms in total. The number of benzene rings is 1. The van der Waals surface area contributed by atoms with E-state index in [0.29, 0.717) is 0 Å². The Kier molecular flexibility index (Phi) is 4.22. The Balaban J connectivity index is 2.54. The molecule has 0 bridgehead atoms. The van der Waals surface area contributed by atoms with E-state index in [-0.39, 0.29) is 6.04 Å².